The average molecular weight is 246 g/mol. The number of H-pyrrole nitrogens is 1. The molecule has 0 fully saturated rings. The highest BCUT2D eigenvalue weighted by Gasteiger charge is 2.21. The smallest absolute Gasteiger partial charge is 0.259 e. The molecule has 1 aromatic rings. The van der Waals surface area contributed by atoms with E-state index in [-0.39, 0.29) is 5.03 Å². The van der Waals surface area contributed by atoms with Crippen LogP contribution < -0.4 is 10.0 Å². The highest BCUT2D eigenvalue weighted by Crippen LogP contribution is 2.15. The zero-order valence-corrected chi connectivity index (χ0v) is 10.6. The van der Waals surface area contributed by atoms with Crippen LogP contribution in [0.4, 0.5) is 0 Å². The number of nitrogens with zero attached hydrogens (tertiary/aromatic N) is 1. The molecule has 0 unspecified atom stereocenters. The fourth-order valence-corrected chi connectivity index (χ4v) is 2.26. The van der Waals surface area contributed by atoms with Crippen molar-refractivity contribution in [3.63, 3.8) is 0 Å². The van der Waals surface area contributed by atoms with Crippen LogP contribution in [-0.4, -0.2) is 32.2 Å². The predicted molar refractivity (Wildman–Crippen MR) is 61.6 cm³/mol. The molecule has 0 aliphatic carbocycles. The molecule has 3 N–H and O–H groups in total. The van der Waals surface area contributed by atoms with E-state index in [0.717, 1.165) is 18.7 Å². The monoisotopic (exact) mass is 246 g/mol. The van der Waals surface area contributed by atoms with Crippen molar-refractivity contribution in [1.82, 2.24) is 20.2 Å². The summed E-state index contributed by atoms with van der Waals surface area (Å²) in [4.78, 5) is 0. The molecule has 0 amide bonds. The van der Waals surface area contributed by atoms with Crippen molar-refractivity contribution in [2.45, 2.75) is 31.8 Å². The Hall–Kier alpha value is -0.920. The van der Waals surface area contributed by atoms with Gasteiger partial charge < -0.3 is 5.32 Å². The Morgan fingerprint density at radius 3 is 2.69 bits per heavy atom. The van der Waals surface area contributed by atoms with E-state index in [1.807, 2.05) is 6.92 Å². The van der Waals surface area contributed by atoms with Crippen LogP contribution in [0.15, 0.2) is 5.03 Å². The number of nitrogens with one attached hydrogen (secondary N) is 3. The molecule has 0 radical (unpaired) electrons. The second kappa shape index (κ2) is 5.42. The van der Waals surface area contributed by atoms with Crippen molar-refractivity contribution in [2.75, 3.05) is 13.6 Å². The molecule has 0 aromatic carbocycles. The standard InChI is InChI=1S/C9H18N4O2S/c1-4-5-11-6-8-7(2)12-13-9(8)16(14,15)10-3/h10-11H,4-6H2,1-3H3,(H,12,13). The summed E-state index contributed by atoms with van der Waals surface area (Å²) < 4.78 is 25.6. The minimum atomic E-state index is -3.48. The Labute approximate surface area is 95.9 Å². The SMILES string of the molecule is CCCNCc1c(S(=O)(=O)NC)n[nH]c1C. The van der Waals surface area contributed by atoms with E-state index in [9.17, 15) is 8.42 Å². The quantitative estimate of drug-likeness (QED) is 0.622. The van der Waals surface area contributed by atoms with Crippen LogP contribution in [0.2, 0.25) is 0 Å². The maximum Gasteiger partial charge on any atom is 0.259 e. The summed E-state index contributed by atoms with van der Waals surface area (Å²) >= 11 is 0. The summed E-state index contributed by atoms with van der Waals surface area (Å²) in [5, 5.41) is 9.76. The first-order chi connectivity index (χ1) is 7.53. The second-order valence-electron chi connectivity index (χ2n) is 3.52. The van der Waals surface area contributed by atoms with Gasteiger partial charge in [-0.15, -0.1) is 0 Å². The van der Waals surface area contributed by atoms with Gasteiger partial charge in [0.1, 0.15) is 0 Å². The van der Waals surface area contributed by atoms with Crippen molar-refractivity contribution < 1.29 is 8.42 Å². The van der Waals surface area contributed by atoms with Gasteiger partial charge >= 0.3 is 0 Å². The molecule has 0 bridgehead atoms. The van der Waals surface area contributed by atoms with E-state index in [4.69, 9.17) is 0 Å². The number of hydrogen-bond donors (Lipinski definition) is 3. The summed E-state index contributed by atoms with van der Waals surface area (Å²) in [6, 6.07) is 0. The Balaban J connectivity index is 2.95. The Bertz CT molecular complexity index is 438. The van der Waals surface area contributed by atoms with Crippen molar-refractivity contribution in [1.29, 1.82) is 0 Å². The highest BCUT2D eigenvalue weighted by molar-refractivity contribution is 7.89. The van der Waals surface area contributed by atoms with Gasteiger partial charge in [-0.1, -0.05) is 6.92 Å². The Morgan fingerprint density at radius 2 is 2.12 bits per heavy atom. The van der Waals surface area contributed by atoms with E-state index < -0.39 is 10.0 Å². The first-order valence-electron chi connectivity index (χ1n) is 5.21. The van der Waals surface area contributed by atoms with Gasteiger partial charge in [0, 0.05) is 17.8 Å². The first-order valence-corrected chi connectivity index (χ1v) is 6.69. The van der Waals surface area contributed by atoms with Gasteiger partial charge in [-0.05, 0) is 26.9 Å². The van der Waals surface area contributed by atoms with E-state index in [1.54, 1.807) is 0 Å². The van der Waals surface area contributed by atoms with Crippen molar-refractivity contribution >= 4 is 10.0 Å². The number of aromatic nitrogens is 2. The van der Waals surface area contributed by atoms with Crippen LogP contribution in [0.1, 0.15) is 24.6 Å². The molecule has 0 aliphatic rings. The maximum absolute atomic E-state index is 11.6. The lowest BCUT2D eigenvalue weighted by molar-refractivity contribution is 0.580. The molecule has 0 aliphatic heterocycles. The normalized spacial score (nSPS) is 11.9. The van der Waals surface area contributed by atoms with Gasteiger partial charge in [0.05, 0.1) is 0 Å². The topological polar surface area (TPSA) is 86.9 Å². The molecule has 1 aromatic heterocycles. The molecule has 0 atom stereocenters. The summed E-state index contributed by atoms with van der Waals surface area (Å²) in [6.07, 6.45) is 1.00. The third-order valence-electron chi connectivity index (χ3n) is 2.29. The molecule has 92 valence electrons. The predicted octanol–water partition coefficient (Wildman–Crippen LogP) is 0.126. The van der Waals surface area contributed by atoms with Gasteiger partial charge in [0.15, 0.2) is 5.03 Å². The summed E-state index contributed by atoms with van der Waals surface area (Å²) in [7, 11) is -2.10. The molecule has 0 saturated carbocycles. The third kappa shape index (κ3) is 2.81. The summed E-state index contributed by atoms with van der Waals surface area (Å²) in [6.45, 7) is 5.22. The van der Waals surface area contributed by atoms with Crippen molar-refractivity contribution in [3.8, 4) is 0 Å². The fourth-order valence-electron chi connectivity index (χ4n) is 1.35. The Kier molecular flexibility index (Phi) is 4.45. The zero-order chi connectivity index (χ0) is 12.2. The van der Waals surface area contributed by atoms with Gasteiger partial charge in [-0.25, -0.2) is 13.1 Å². The highest BCUT2D eigenvalue weighted by atomic mass is 32.2. The van der Waals surface area contributed by atoms with Crippen LogP contribution in [0, 0.1) is 6.92 Å². The molecule has 7 heteroatoms. The van der Waals surface area contributed by atoms with E-state index in [1.165, 1.54) is 7.05 Å². The maximum atomic E-state index is 11.6. The molecule has 16 heavy (non-hydrogen) atoms. The van der Waals surface area contributed by atoms with Crippen LogP contribution in [-0.2, 0) is 16.6 Å². The van der Waals surface area contributed by atoms with Gasteiger partial charge in [-0.2, -0.15) is 5.10 Å². The van der Waals surface area contributed by atoms with E-state index in [2.05, 4.69) is 27.2 Å². The lowest BCUT2D eigenvalue weighted by Gasteiger charge is -2.05. The first kappa shape index (κ1) is 13.1. The minimum Gasteiger partial charge on any atom is -0.313 e. The van der Waals surface area contributed by atoms with Gasteiger partial charge in [0.2, 0.25) is 0 Å². The molecule has 1 heterocycles. The molecule has 1 rings (SSSR count). The van der Waals surface area contributed by atoms with Crippen LogP contribution >= 0.6 is 0 Å². The molecular weight excluding hydrogens is 228 g/mol. The average Bonchev–Trinajstić information content (AvgIpc) is 2.62. The number of rotatable bonds is 6. The fraction of sp³-hybridized carbons (Fsp3) is 0.667. The van der Waals surface area contributed by atoms with Crippen LogP contribution in [0.25, 0.3) is 0 Å². The number of hydrogen-bond acceptors (Lipinski definition) is 4. The molecule has 6 nitrogen and oxygen atoms in total. The number of aryl methyl sites for hydroxylation is 1. The van der Waals surface area contributed by atoms with Crippen LogP contribution in [0.5, 0.6) is 0 Å². The number of sulfonamides is 1. The lowest BCUT2D eigenvalue weighted by Crippen LogP contribution is -2.22. The van der Waals surface area contributed by atoms with Gasteiger partial charge in [0.25, 0.3) is 10.0 Å². The zero-order valence-electron chi connectivity index (χ0n) is 9.79. The minimum absolute atomic E-state index is 0.0797. The third-order valence-corrected chi connectivity index (χ3v) is 3.67. The summed E-state index contributed by atoms with van der Waals surface area (Å²) in [5.41, 5.74) is 1.47. The lowest BCUT2D eigenvalue weighted by atomic mass is 10.2. The van der Waals surface area contributed by atoms with Gasteiger partial charge in [-0.3, -0.25) is 5.10 Å². The van der Waals surface area contributed by atoms with E-state index in [0.29, 0.717) is 12.1 Å². The Morgan fingerprint density at radius 1 is 1.44 bits per heavy atom. The van der Waals surface area contributed by atoms with Crippen molar-refractivity contribution in [3.05, 3.63) is 11.3 Å². The van der Waals surface area contributed by atoms with E-state index >= 15 is 0 Å². The molecule has 0 spiro atoms. The van der Waals surface area contributed by atoms with Crippen LogP contribution in [0.3, 0.4) is 0 Å². The van der Waals surface area contributed by atoms with Crippen molar-refractivity contribution in [2.24, 2.45) is 0 Å². The largest absolute Gasteiger partial charge is 0.313 e. The molecule has 0 saturated heterocycles. The molecular formula is C9H18N4O2S. The summed E-state index contributed by atoms with van der Waals surface area (Å²) in [5.74, 6) is 0. The number of aromatic amines is 1. The second-order valence-corrected chi connectivity index (χ2v) is 5.32.